The summed E-state index contributed by atoms with van der Waals surface area (Å²) in [5.41, 5.74) is 1.27. The molecule has 0 spiro atoms. The molecule has 1 atom stereocenters. The first kappa shape index (κ1) is 13.8. The highest BCUT2D eigenvalue weighted by molar-refractivity contribution is 6.10. The van der Waals surface area contributed by atoms with Gasteiger partial charge in [-0.1, -0.05) is 24.8 Å². The smallest absolute Gasteiger partial charge is 0.326 e. The molecule has 2 rings (SSSR count). The van der Waals surface area contributed by atoms with Crippen molar-refractivity contribution in [1.29, 1.82) is 0 Å². The number of carbonyl (C=O) groups excluding carboxylic acids is 1. The Morgan fingerprint density at radius 2 is 1.80 bits per heavy atom. The van der Waals surface area contributed by atoms with Gasteiger partial charge in [-0.15, -0.1) is 0 Å². The van der Waals surface area contributed by atoms with E-state index in [1.54, 1.807) is 24.3 Å². The van der Waals surface area contributed by atoms with Crippen molar-refractivity contribution < 1.29 is 24.6 Å². The third-order valence-corrected chi connectivity index (χ3v) is 3.21. The maximum absolute atomic E-state index is 12.3. The molecule has 0 saturated carbocycles. The summed E-state index contributed by atoms with van der Waals surface area (Å²) in [5, 5.41) is 17.9. The lowest BCUT2D eigenvalue weighted by molar-refractivity contribution is -0.142. The van der Waals surface area contributed by atoms with Crippen LogP contribution in [0.2, 0.25) is 0 Å². The number of carbonyl (C=O) groups is 3. The van der Waals surface area contributed by atoms with E-state index in [4.69, 9.17) is 5.11 Å². The summed E-state index contributed by atoms with van der Waals surface area (Å²) >= 11 is 0. The van der Waals surface area contributed by atoms with E-state index < -0.39 is 23.9 Å². The number of benzene rings is 1. The molecule has 0 aromatic heterocycles. The van der Waals surface area contributed by atoms with Gasteiger partial charge in [-0.2, -0.15) is 0 Å². The first-order valence-corrected chi connectivity index (χ1v) is 6.00. The minimum absolute atomic E-state index is 0.163. The van der Waals surface area contributed by atoms with Crippen LogP contribution >= 0.6 is 0 Å². The number of hydrogen-bond donors (Lipinski definition) is 2. The summed E-state index contributed by atoms with van der Waals surface area (Å²) in [4.78, 5) is 35.2. The minimum Gasteiger partial charge on any atom is -0.481 e. The van der Waals surface area contributed by atoms with Crippen molar-refractivity contribution in [1.82, 2.24) is 4.90 Å². The third kappa shape index (κ3) is 2.27. The van der Waals surface area contributed by atoms with E-state index in [9.17, 15) is 19.5 Å². The van der Waals surface area contributed by atoms with Crippen molar-refractivity contribution in [3.63, 3.8) is 0 Å². The molecule has 0 saturated heterocycles. The monoisotopic (exact) mass is 275 g/mol. The molecule has 1 unspecified atom stereocenters. The van der Waals surface area contributed by atoms with Gasteiger partial charge >= 0.3 is 11.9 Å². The summed E-state index contributed by atoms with van der Waals surface area (Å²) < 4.78 is 0. The lowest BCUT2D eigenvalue weighted by Gasteiger charge is -2.24. The van der Waals surface area contributed by atoms with E-state index in [0.29, 0.717) is 16.8 Å². The molecular weight excluding hydrogens is 262 g/mol. The van der Waals surface area contributed by atoms with Crippen molar-refractivity contribution >= 4 is 23.5 Å². The zero-order chi connectivity index (χ0) is 14.9. The SMILES string of the molecule is C=C1c2ccccc2C(=O)N1C(CCC(=O)O)C(=O)O. The van der Waals surface area contributed by atoms with E-state index in [1.807, 2.05) is 0 Å². The Kier molecular flexibility index (Phi) is 3.56. The number of carboxylic acid groups (broad SMARTS) is 2. The van der Waals surface area contributed by atoms with Gasteiger partial charge in [0.15, 0.2) is 0 Å². The fraction of sp³-hybridized carbons (Fsp3) is 0.214. The summed E-state index contributed by atoms with van der Waals surface area (Å²) in [5.74, 6) is -2.80. The van der Waals surface area contributed by atoms with Crippen LogP contribution in [0.1, 0.15) is 28.8 Å². The number of fused-ring (bicyclic) bond motifs is 1. The number of aliphatic carboxylic acids is 2. The van der Waals surface area contributed by atoms with Crippen LogP contribution < -0.4 is 0 Å². The average molecular weight is 275 g/mol. The van der Waals surface area contributed by atoms with Gasteiger partial charge in [-0.25, -0.2) is 4.79 Å². The van der Waals surface area contributed by atoms with Crippen LogP contribution in [0.5, 0.6) is 0 Å². The van der Waals surface area contributed by atoms with Gasteiger partial charge in [0.1, 0.15) is 6.04 Å². The topological polar surface area (TPSA) is 94.9 Å². The van der Waals surface area contributed by atoms with Gasteiger partial charge in [-0.3, -0.25) is 14.5 Å². The van der Waals surface area contributed by atoms with Crippen molar-refractivity contribution in [2.24, 2.45) is 0 Å². The molecule has 104 valence electrons. The van der Waals surface area contributed by atoms with E-state index in [0.717, 1.165) is 4.90 Å². The van der Waals surface area contributed by atoms with Crippen LogP contribution in [-0.4, -0.2) is 39.0 Å². The summed E-state index contributed by atoms with van der Waals surface area (Å²) in [6, 6.07) is 5.47. The summed E-state index contributed by atoms with van der Waals surface area (Å²) in [7, 11) is 0. The fourth-order valence-electron chi connectivity index (χ4n) is 2.26. The van der Waals surface area contributed by atoms with Gasteiger partial charge in [0.2, 0.25) is 0 Å². The van der Waals surface area contributed by atoms with Gasteiger partial charge in [0.05, 0.1) is 0 Å². The largest absolute Gasteiger partial charge is 0.481 e. The van der Waals surface area contributed by atoms with Gasteiger partial charge in [0, 0.05) is 23.2 Å². The van der Waals surface area contributed by atoms with Crippen LogP contribution in [-0.2, 0) is 9.59 Å². The van der Waals surface area contributed by atoms with E-state index >= 15 is 0 Å². The van der Waals surface area contributed by atoms with E-state index in [-0.39, 0.29) is 12.8 Å². The number of carboxylic acids is 2. The third-order valence-electron chi connectivity index (χ3n) is 3.21. The van der Waals surface area contributed by atoms with Crippen molar-refractivity contribution in [3.05, 3.63) is 42.0 Å². The second-order valence-corrected chi connectivity index (χ2v) is 4.45. The Morgan fingerprint density at radius 3 is 2.30 bits per heavy atom. The molecular formula is C14H13NO5. The number of amides is 1. The quantitative estimate of drug-likeness (QED) is 0.847. The lowest BCUT2D eigenvalue weighted by atomic mass is 10.1. The van der Waals surface area contributed by atoms with E-state index in [1.165, 1.54) is 0 Å². The van der Waals surface area contributed by atoms with E-state index in [2.05, 4.69) is 6.58 Å². The minimum atomic E-state index is -1.24. The molecule has 1 aliphatic heterocycles. The molecule has 6 nitrogen and oxygen atoms in total. The van der Waals surface area contributed by atoms with Gasteiger partial charge in [0.25, 0.3) is 5.91 Å². The fourth-order valence-corrected chi connectivity index (χ4v) is 2.26. The Bertz CT molecular complexity index is 572. The summed E-state index contributed by atoms with van der Waals surface area (Å²) in [6.07, 6.45) is -0.492. The molecule has 1 aromatic rings. The standard InChI is InChI=1S/C14H13NO5/c1-8-9-4-2-3-5-10(9)13(18)15(8)11(14(19)20)6-7-12(16)17/h2-5,11H,1,6-7H2,(H,16,17)(H,19,20). The first-order chi connectivity index (χ1) is 9.43. The Hall–Kier alpha value is -2.63. The highest BCUT2D eigenvalue weighted by Crippen LogP contribution is 2.33. The molecule has 0 fully saturated rings. The van der Waals surface area contributed by atoms with Crippen LogP contribution in [0.4, 0.5) is 0 Å². The van der Waals surface area contributed by atoms with Gasteiger partial charge in [-0.05, 0) is 12.5 Å². The predicted octanol–water partition coefficient (Wildman–Crippen LogP) is 1.43. The van der Waals surface area contributed by atoms with Crippen LogP contribution in [0.3, 0.4) is 0 Å². The number of nitrogens with zero attached hydrogens (tertiary/aromatic N) is 1. The predicted molar refractivity (Wildman–Crippen MR) is 69.9 cm³/mol. The van der Waals surface area contributed by atoms with Gasteiger partial charge < -0.3 is 10.2 Å². The average Bonchev–Trinajstić information content (AvgIpc) is 2.64. The molecule has 1 aliphatic rings. The Balaban J connectivity index is 2.32. The highest BCUT2D eigenvalue weighted by Gasteiger charge is 2.39. The summed E-state index contributed by atoms with van der Waals surface area (Å²) in [6.45, 7) is 3.75. The zero-order valence-electron chi connectivity index (χ0n) is 10.6. The molecule has 1 aromatic carbocycles. The molecule has 20 heavy (non-hydrogen) atoms. The maximum atomic E-state index is 12.3. The molecule has 6 heteroatoms. The first-order valence-electron chi connectivity index (χ1n) is 6.00. The number of rotatable bonds is 5. The van der Waals surface area contributed by atoms with Crippen LogP contribution in [0.25, 0.3) is 5.70 Å². The molecule has 1 heterocycles. The van der Waals surface area contributed by atoms with Crippen molar-refractivity contribution in [3.8, 4) is 0 Å². The van der Waals surface area contributed by atoms with Crippen molar-refractivity contribution in [2.75, 3.05) is 0 Å². The molecule has 2 N–H and O–H groups in total. The lowest BCUT2D eigenvalue weighted by Crippen LogP contribution is -2.41. The second-order valence-electron chi connectivity index (χ2n) is 4.45. The highest BCUT2D eigenvalue weighted by atomic mass is 16.4. The van der Waals surface area contributed by atoms with Crippen LogP contribution in [0.15, 0.2) is 30.8 Å². The normalized spacial score (nSPS) is 15.1. The van der Waals surface area contributed by atoms with Crippen LogP contribution in [0, 0.1) is 0 Å². The maximum Gasteiger partial charge on any atom is 0.326 e. The molecule has 0 aliphatic carbocycles. The Labute approximate surface area is 114 Å². The number of hydrogen-bond acceptors (Lipinski definition) is 3. The molecule has 1 amide bonds. The van der Waals surface area contributed by atoms with Crippen molar-refractivity contribution in [2.45, 2.75) is 18.9 Å². The Morgan fingerprint density at radius 1 is 1.20 bits per heavy atom. The zero-order valence-corrected chi connectivity index (χ0v) is 10.6. The molecule has 0 radical (unpaired) electrons. The molecule has 0 bridgehead atoms. The second kappa shape index (κ2) is 5.16.